The summed E-state index contributed by atoms with van der Waals surface area (Å²) in [5, 5.41) is 5.52. The third kappa shape index (κ3) is 2.82. The number of anilines is 2. The smallest absolute Gasteiger partial charge is 0.320 e. The molecule has 1 heterocycles. The van der Waals surface area contributed by atoms with Crippen LogP contribution in [0.5, 0.6) is 0 Å². The van der Waals surface area contributed by atoms with Crippen molar-refractivity contribution < 1.29 is 4.79 Å². The Bertz CT molecular complexity index is 375. The van der Waals surface area contributed by atoms with E-state index < -0.39 is 0 Å². The summed E-state index contributed by atoms with van der Waals surface area (Å²) >= 11 is 0. The lowest BCUT2D eigenvalue weighted by Gasteiger charge is -2.12. The van der Waals surface area contributed by atoms with Gasteiger partial charge in [0.05, 0.1) is 0 Å². The molecule has 1 saturated carbocycles. The first-order chi connectivity index (χ1) is 7.74. The molecule has 16 heavy (non-hydrogen) atoms. The Morgan fingerprint density at radius 2 is 2.19 bits per heavy atom. The maximum atomic E-state index is 11.6. The number of nitrogen functional groups attached to an aromatic ring is 1. The molecular formula is C10H15N5O. The number of nitrogens with zero attached hydrogens (tertiary/aromatic N) is 2. The van der Waals surface area contributed by atoms with E-state index >= 15 is 0 Å². The van der Waals surface area contributed by atoms with Crippen molar-refractivity contribution in [1.82, 2.24) is 15.3 Å². The molecule has 0 bridgehead atoms. The van der Waals surface area contributed by atoms with Crippen LogP contribution >= 0.6 is 0 Å². The Labute approximate surface area is 93.7 Å². The normalized spacial score (nSPS) is 16.0. The minimum absolute atomic E-state index is 0.152. The van der Waals surface area contributed by atoms with E-state index in [0.29, 0.717) is 11.9 Å². The molecule has 2 rings (SSSR count). The maximum Gasteiger partial charge on any atom is 0.320 e. The number of carbonyl (C=O) groups is 1. The van der Waals surface area contributed by atoms with E-state index in [1.807, 2.05) is 0 Å². The molecule has 1 fully saturated rings. The summed E-state index contributed by atoms with van der Waals surface area (Å²) in [5.41, 5.74) is 5.40. The van der Waals surface area contributed by atoms with Gasteiger partial charge in [-0.3, -0.25) is 5.32 Å². The van der Waals surface area contributed by atoms with Gasteiger partial charge in [0.1, 0.15) is 5.82 Å². The number of urea groups is 1. The molecule has 6 nitrogen and oxygen atoms in total. The Balaban J connectivity index is 1.86. The van der Waals surface area contributed by atoms with Gasteiger partial charge in [0.2, 0.25) is 5.95 Å². The number of hydrogen-bond donors (Lipinski definition) is 3. The van der Waals surface area contributed by atoms with Crippen LogP contribution in [-0.4, -0.2) is 22.0 Å². The van der Waals surface area contributed by atoms with E-state index in [1.54, 1.807) is 6.07 Å². The summed E-state index contributed by atoms with van der Waals surface area (Å²) in [6.07, 6.45) is 5.99. The molecule has 0 unspecified atom stereocenters. The highest BCUT2D eigenvalue weighted by Gasteiger charge is 2.17. The summed E-state index contributed by atoms with van der Waals surface area (Å²) in [5.74, 6) is 0.571. The molecule has 1 aromatic rings. The van der Waals surface area contributed by atoms with Crippen LogP contribution in [0.4, 0.5) is 16.6 Å². The van der Waals surface area contributed by atoms with E-state index in [9.17, 15) is 4.79 Å². The standard InChI is InChI=1S/C10H15N5O/c11-9-12-6-5-8(14-9)15-10(16)13-7-3-1-2-4-7/h5-7H,1-4H2,(H4,11,12,13,14,15,16). The third-order valence-corrected chi connectivity index (χ3v) is 2.61. The quantitative estimate of drug-likeness (QED) is 0.697. The van der Waals surface area contributed by atoms with Gasteiger partial charge < -0.3 is 11.1 Å². The zero-order valence-corrected chi connectivity index (χ0v) is 8.94. The van der Waals surface area contributed by atoms with E-state index in [2.05, 4.69) is 20.6 Å². The van der Waals surface area contributed by atoms with Crippen molar-refractivity contribution in [3.8, 4) is 0 Å². The molecular weight excluding hydrogens is 206 g/mol. The van der Waals surface area contributed by atoms with Gasteiger partial charge in [0, 0.05) is 12.2 Å². The SMILES string of the molecule is Nc1nccc(NC(=O)NC2CCCC2)n1. The lowest BCUT2D eigenvalue weighted by atomic mass is 10.2. The van der Waals surface area contributed by atoms with Gasteiger partial charge in [-0.1, -0.05) is 12.8 Å². The zero-order valence-electron chi connectivity index (χ0n) is 8.94. The first-order valence-electron chi connectivity index (χ1n) is 5.40. The predicted octanol–water partition coefficient (Wildman–Crippen LogP) is 1.12. The number of nitrogens with two attached hydrogens (primary N) is 1. The first kappa shape index (κ1) is 10.7. The number of rotatable bonds is 2. The van der Waals surface area contributed by atoms with Crippen LogP contribution in [0.25, 0.3) is 0 Å². The van der Waals surface area contributed by atoms with Crippen LogP contribution in [0, 0.1) is 0 Å². The van der Waals surface area contributed by atoms with Crippen LogP contribution in [0.3, 0.4) is 0 Å². The van der Waals surface area contributed by atoms with Gasteiger partial charge in [-0.05, 0) is 18.9 Å². The first-order valence-corrected chi connectivity index (χ1v) is 5.40. The maximum absolute atomic E-state index is 11.6. The number of aromatic nitrogens is 2. The van der Waals surface area contributed by atoms with E-state index in [-0.39, 0.29) is 12.0 Å². The highest BCUT2D eigenvalue weighted by molar-refractivity contribution is 5.88. The Morgan fingerprint density at radius 3 is 2.88 bits per heavy atom. The lowest BCUT2D eigenvalue weighted by Crippen LogP contribution is -2.36. The summed E-state index contributed by atoms with van der Waals surface area (Å²) in [7, 11) is 0. The molecule has 0 aromatic carbocycles. The molecule has 86 valence electrons. The molecule has 6 heteroatoms. The second-order valence-electron chi connectivity index (χ2n) is 3.88. The number of amides is 2. The molecule has 4 N–H and O–H groups in total. The van der Waals surface area contributed by atoms with Crippen molar-refractivity contribution in [3.05, 3.63) is 12.3 Å². The van der Waals surface area contributed by atoms with Crippen LogP contribution in [0.1, 0.15) is 25.7 Å². The third-order valence-electron chi connectivity index (χ3n) is 2.61. The molecule has 1 aliphatic carbocycles. The van der Waals surface area contributed by atoms with Crippen molar-refractivity contribution in [3.63, 3.8) is 0 Å². The highest BCUT2D eigenvalue weighted by Crippen LogP contribution is 2.17. The van der Waals surface area contributed by atoms with Crippen molar-refractivity contribution >= 4 is 17.8 Å². The monoisotopic (exact) mass is 221 g/mol. The summed E-state index contributed by atoms with van der Waals surface area (Å²) in [6, 6.07) is 1.66. The summed E-state index contributed by atoms with van der Waals surface area (Å²) in [6.45, 7) is 0. The Hall–Kier alpha value is -1.85. The van der Waals surface area contributed by atoms with Gasteiger partial charge in [0.25, 0.3) is 0 Å². The fourth-order valence-electron chi connectivity index (χ4n) is 1.85. The average molecular weight is 221 g/mol. The minimum atomic E-state index is -0.231. The van der Waals surface area contributed by atoms with Crippen LogP contribution in [-0.2, 0) is 0 Å². The summed E-state index contributed by atoms with van der Waals surface area (Å²) < 4.78 is 0. The van der Waals surface area contributed by atoms with Gasteiger partial charge in [-0.15, -0.1) is 0 Å². The summed E-state index contributed by atoms with van der Waals surface area (Å²) in [4.78, 5) is 19.2. The zero-order chi connectivity index (χ0) is 11.4. The topological polar surface area (TPSA) is 92.9 Å². The largest absolute Gasteiger partial charge is 0.368 e. The van der Waals surface area contributed by atoms with Crippen LogP contribution < -0.4 is 16.4 Å². The lowest BCUT2D eigenvalue weighted by molar-refractivity contribution is 0.248. The second kappa shape index (κ2) is 4.78. The fourth-order valence-corrected chi connectivity index (χ4v) is 1.85. The second-order valence-corrected chi connectivity index (χ2v) is 3.88. The Morgan fingerprint density at radius 1 is 1.44 bits per heavy atom. The van der Waals surface area contributed by atoms with Crippen LogP contribution in [0.15, 0.2) is 12.3 Å². The van der Waals surface area contributed by atoms with Crippen molar-refractivity contribution in [1.29, 1.82) is 0 Å². The predicted molar refractivity (Wildman–Crippen MR) is 60.9 cm³/mol. The minimum Gasteiger partial charge on any atom is -0.368 e. The molecule has 0 aliphatic heterocycles. The molecule has 1 aromatic heterocycles. The van der Waals surface area contributed by atoms with Crippen molar-refractivity contribution in [2.75, 3.05) is 11.1 Å². The highest BCUT2D eigenvalue weighted by atomic mass is 16.2. The number of hydrogen-bond acceptors (Lipinski definition) is 4. The van der Waals surface area contributed by atoms with E-state index in [1.165, 1.54) is 19.0 Å². The number of carbonyl (C=O) groups excluding carboxylic acids is 1. The number of nitrogens with one attached hydrogen (secondary N) is 2. The van der Waals surface area contributed by atoms with E-state index in [0.717, 1.165) is 12.8 Å². The van der Waals surface area contributed by atoms with E-state index in [4.69, 9.17) is 5.73 Å². The molecule has 0 saturated heterocycles. The average Bonchev–Trinajstić information content (AvgIpc) is 2.70. The molecule has 2 amide bonds. The van der Waals surface area contributed by atoms with Crippen molar-refractivity contribution in [2.24, 2.45) is 0 Å². The van der Waals surface area contributed by atoms with Crippen LogP contribution in [0.2, 0.25) is 0 Å². The van der Waals surface area contributed by atoms with Gasteiger partial charge in [-0.2, -0.15) is 4.98 Å². The van der Waals surface area contributed by atoms with Crippen molar-refractivity contribution in [2.45, 2.75) is 31.7 Å². The molecule has 1 aliphatic rings. The Kier molecular flexibility index (Phi) is 3.19. The van der Waals surface area contributed by atoms with Gasteiger partial charge >= 0.3 is 6.03 Å². The molecule has 0 radical (unpaired) electrons. The molecule has 0 atom stereocenters. The molecule has 0 spiro atoms. The fraction of sp³-hybridized carbons (Fsp3) is 0.500. The van der Waals surface area contributed by atoms with Gasteiger partial charge in [-0.25, -0.2) is 9.78 Å². The van der Waals surface area contributed by atoms with Gasteiger partial charge in [0.15, 0.2) is 0 Å².